The summed E-state index contributed by atoms with van der Waals surface area (Å²) in [6.45, 7) is 5.33. The molecule has 124 valence electrons. The Bertz CT molecular complexity index is 901. The van der Waals surface area contributed by atoms with E-state index in [9.17, 15) is 9.59 Å². The van der Waals surface area contributed by atoms with E-state index in [2.05, 4.69) is 0 Å². The molecule has 5 heteroatoms. The molecule has 2 heterocycles. The molecule has 0 fully saturated rings. The maximum absolute atomic E-state index is 11.7. The third-order valence-electron chi connectivity index (χ3n) is 3.69. The normalized spacial score (nSPS) is 17.8. The van der Waals surface area contributed by atoms with Crippen molar-refractivity contribution in [2.24, 2.45) is 0 Å². The Morgan fingerprint density at radius 3 is 2.62 bits per heavy atom. The van der Waals surface area contributed by atoms with Crippen LogP contribution in [0, 0.1) is 0 Å². The van der Waals surface area contributed by atoms with Crippen molar-refractivity contribution in [1.29, 1.82) is 0 Å². The van der Waals surface area contributed by atoms with Crippen LogP contribution in [-0.4, -0.2) is 17.5 Å². The highest BCUT2D eigenvalue weighted by atomic mass is 16.5. The molecule has 1 aliphatic heterocycles. The summed E-state index contributed by atoms with van der Waals surface area (Å²) >= 11 is 0. The predicted molar refractivity (Wildman–Crippen MR) is 90.0 cm³/mol. The lowest BCUT2D eigenvalue weighted by Gasteiger charge is -2.17. The van der Waals surface area contributed by atoms with Crippen molar-refractivity contribution in [3.8, 4) is 5.75 Å². The van der Waals surface area contributed by atoms with Gasteiger partial charge in [-0.1, -0.05) is 0 Å². The van der Waals surface area contributed by atoms with E-state index in [0.717, 1.165) is 5.39 Å². The lowest BCUT2D eigenvalue weighted by atomic mass is 10.1. The summed E-state index contributed by atoms with van der Waals surface area (Å²) < 4.78 is 16.5. The van der Waals surface area contributed by atoms with Gasteiger partial charge in [0.1, 0.15) is 23.2 Å². The Hall–Kier alpha value is -2.82. The summed E-state index contributed by atoms with van der Waals surface area (Å²) in [6, 6.07) is 8.40. The van der Waals surface area contributed by atoms with Crippen LogP contribution < -0.4 is 10.4 Å². The lowest BCUT2D eigenvalue weighted by Crippen LogP contribution is -2.27. The molecule has 2 aromatic rings. The van der Waals surface area contributed by atoms with Gasteiger partial charge in [0.2, 0.25) is 5.78 Å². The van der Waals surface area contributed by atoms with Gasteiger partial charge in [-0.3, -0.25) is 4.79 Å². The van der Waals surface area contributed by atoms with Crippen molar-refractivity contribution in [2.75, 3.05) is 0 Å². The molecular formula is C19H18O5. The third-order valence-corrected chi connectivity index (χ3v) is 3.69. The average Bonchev–Trinajstić information content (AvgIpc) is 2.77. The number of ketones is 1. The molecule has 0 saturated heterocycles. The van der Waals surface area contributed by atoms with Gasteiger partial charge >= 0.3 is 5.63 Å². The van der Waals surface area contributed by atoms with Crippen LogP contribution in [0.3, 0.4) is 0 Å². The molecule has 24 heavy (non-hydrogen) atoms. The summed E-state index contributed by atoms with van der Waals surface area (Å²) in [5.74, 6) is 1.05. The molecule has 5 nitrogen and oxygen atoms in total. The molecule has 1 atom stereocenters. The molecule has 1 aromatic carbocycles. The van der Waals surface area contributed by atoms with Crippen molar-refractivity contribution in [1.82, 2.24) is 0 Å². The first-order valence-electron chi connectivity index (χ1n) is 7.67. The van der Waals surface area contributed by atoms with E-state index in [1.165, 1.54) is 12.1 Å². The van der Waals surface area contributed by atoms with Crippen molar-refractivity contribution < 1.29 is 18.7 Å². The SMILES string of the molecule is C[C@H](/C=C/C1=CC(=O)C(C)(C)O1)Oc1ccc2ccc(=O)oc2c1. The maximum Gasteiger partial charge on any atom is 0.336 e. The maximum atomic E-state index is 11.7. The summed E-state index contributed by atoms with van der Waals surface area (Å²) in [6.07, 6.45) is 4.75. The zero-order chi connectivity index (χ0) is 17.3. The molecule has 1 aliphatic rings. The third kappa shape index (κ3) is 3.40. The summed E-state index contributed by atoms with van der Waals surface area (Å²) in [7, 11) is 0. The Morgan fingerprint density at radius 2 is 1.92 bits per heavy atom. The summed E-state index contributed by atoms with van der Waals surface area (Å²) in [5, 5.41) is 0.829. The Labute approximate surface area is 139 Å². The van der Waals surface area contributed by atoms with Gasteiger partial charge in [-0.25, -0.2) is 4.79 Å². The van der Waals surface area contributed by atoms with Gasteiger partial charge < -0.3 is 13.9 Å². The van der Waals surface area contributed by atoms with E-state index >= 15 is 0 Å². The quantitative estimate of drug-likeness (QED) is 0.806. The van der Waals surface area contributed by atoms with Gasteiger partial charge in [-0.2, -0.15) is 0 Å². The number of carbonyl (C=O) groups is 1. The largest absolute Gasteiger partial charge is 0.487 e. The van der Waals surface area contributed by atoms with Crippen LogP contribution in [-0.2, 0) is 9.53 Å². The van der Waals surface area contributed by atoms with Gasteiger partial charge in [-0.15, -0.1) is 0 Å². The molecule has 1 aromatic heterocycles. The van der Waals surface area contributed by atoms with Crippen LogP contribution in [0.25, 0.3) is 11.0 Å². The van der Waals surface area contributed by atoms with Crippen LogP contribution in [0.4, 0.5) is 0 Å². The topological polar surface area (TPSA) is 65.7 Å². The molecule has 0 aliphatic carbocycles. The molecule has 3 rings (SSSR count). The zero-order valence-corrected chi connectivity index (χ0v) is 13.7. The molecule has 0 radical (unpaired) electrons. The van der Waals surface area contributed by atoms with E-state index in [0.29, 0.717) is 17.1 Å². The molecule has 0 bridgehead atoms. The van der Waals surface area contributed by atoms with E-state index in [1.807, 2.05) is 19.1 Å². The number of ether oxygens (including phenoxy) is 2. The Balaban J connectivity index is 1.70. The summed E-state index contributed by atoms with van der Waals surface area (Å²) in [4.78, 5) is 23.0. The van der Waals surface area contributed by atoms with Crippen LogP contribution in [0.2, 0.25) is 0 Å². The number of rotatable bonds is 4. The number of benzene rings is 1. The summed E-state index contributed by atoms with van der Waals surface area (Å²) in [5.41, 5.74) is -0.727. The fourth-order valence-electron chi connectivity index (χ4n) is 2.36. The average molecular weight is 326 g/mol. The van der Waals surface area contributed by atoms with Gasteiger partial charge in [0.15, 0.2) is 5.60 Å². The van der Waals surface area contributed by atoms with Gasteiger partial charge in [-0.05, 0) is 51.1 Å². The molecule has 0 N–H and O–H groups in total. The highest BCUT2D eigenvalue weighted by Crippen LogP contribution is 2.25. The molecule has 0 saturated carbocycles. The second-order valence-electron chi connectivity index (χ2n) is 6.16. The molecule has 0 unspecified atom stereocenters. The van der Waals surface area contributed by atoms with E-state index in [-0.39, 0.29) is 11.9 Å². The Morgan fingerprint density at radius 1 is 1.17 bits per heavy atom. The lowest BCUT2D eigenvalue weighted by molar-refractivity contribution is -0.126. The van der Waals surface area contributed by atoms with Gasteiger partial charge in [0, 0.05) is 23.6 Å². The second kappa shape index (κ2) is 6.00. The predicted octanol–water partition coefficient (Wildman–Crippen LogP) is 3.38. The number of hydrogen-bond acceptors (Lipinski definition) is 5. The first-order chi connectivity index (χ1) is 11.3. The Kier molecular flexibility index (Phi) is 4.01. The monoisotopic (exact) mass is 326 g/mol. The standard InChI is InChI=1S/C19H18O5/c1-12(4-7-15-11-17(20)19(2,3)24-15)22-14-8-5-13-6-9-18(21)23-16(13)10-14/h4-12H,1-3H3/b7-4+/t12-/m1/s1. The smallest absolute Gasteiger partial charge is 0.336 e. The zero-order valence-electron chi connectivity index (χ0n) is 13.7. The van der Waals surface area contributed by atoms with Gasteiger partial charge in [0.05, 0.1) is 0 Å². The van der Waals surface area contributed by atoms with Gasteiger partial charge in [0.25, 0.3) is 0 Å². The van der Waals surface area contributed by atoms with Crippen LogP contribution in [0.15, 0.2) is 63.5 Å². The number of hydrogen-bond donors (Lipinski definition) is 0. The van der Waals surface area contributed by atoms with E-state index < -0.39 is 11.2 Å². The minimum absolute atomic E-state index is 0.0553. The number of allylic oxidation sites excluding steroid dienone is 1. The van der Waals surface area contributed by atoms with Crippen LogP contribution >= 0.6 is 0 Å². The number of carbonyl (C=O) groups excluding carboxylic acids is 1. The first kappa shape index (κ1) is 16.1. The van der Waals surface area contributed by atoms with Crippen molar-refractivity contribution in [2.45, 2.75) is 32.5 Å². The minimum Gasteiger partial charge on any atom is -0.487 e. The highest BCUT2D eigenvalue weighted by Gasteiger charge is 2.34. The van der Waals surface area contributed by atoms with Crippen LogP contribution in [0.5, 0.6) is 5.75 Å². The second-order valence-corrected chi connectivity index (χ2v) is 6.16. The number of fused-ring (bicyclic) bond motifs is 1. The molecule has 0 amide bonds. The van der Waals surface area contributed by atoms with Crippen molar-refractivity contribution in [3.63, 3.8) is 0 Å². The van der Waals surface area contributed by atoms with Crippen molar-refractivity contribution >= 4 is 16.8 Å². The molecule has 0 spiro atoms. The van der Waals surface area contributed by atoms with E-state index in [4.69, 9.17) is 13.9 Å². The molecular weight excluding hydrogens is 308 g/mol. The first-order valence-corrected chi connectivity index (χ1v) is 7.67. The van der Waals surface area contributed by atoms with Crippen molar-refractivity contribution in [3.05, 3.63) is 64.7 Å². The minimum atomic E-state index is -0.806. The van der Waals surface area contributed by atoms with E-state index in [1.54, 1.807) is 38.1 Å². The fourth-order valence-corrected chi connectivity index (χ4v) is 2.36. The van der Waals surface area contributed by atoms with Crippen LogP contribution in [0.1, 0.15) is 20.8 Å². The highest BCUT2D eigenvalue weighted by molar-refractivity contribution is 5.99. The fraction of sp³-hybridized carbons (Fsp3) is 0.263.